The summed E-state index contributed by atoms with van der Waals surface area (Å²) in [5.74, 6) is 0.631. The Kier molecular flexibility index (Phi) is 4.66. The van der Waals surface area contributed by atoms with E-state index in [1.54, 1.807) is 0 Å². The Morgan fingerprint density at radius 1 is 1.06 bits per heavy atom. The van der Waals surface area contributed by atoms with E-state index in [4.69, 9.17) is 9.47 Å². The van der Waals surface area contributed by atoms with Gasteiger partial charge >= 0.3 is 0 Å². The van der Waals surface area contributed by atoms with Crippen LogP contribution in [0.25, 0.3) is 0 Å². The van der Waals surface area contributed by atoms with Crippen molar-refractivity contribution in [3.8, 4) is 0 Å². The Hall–Kier alpha value is -0.0800. The second-order valence-electron chi connectivity index (χ2n) is 5.46. The van der Waals surface area contributed by atoms with E-state index in [1.165, 1.54) is 44.9 Å². The van der Waals surface area contributed by atoms with Crippen LogP contribution in [-0.2, 0) is 9.47 Å². The smallest absolute Gasteiger partial charge is 0.0841 e. The molecule has 2 fully saturated rings. The van der Waals surface area contributed by atoms with Crippen molar-refractivity contribution in [1.29, 1.82) is 0 Å². The molecule has 2 rings (SSSR count). The highest BCUT2D eigenvalue weighted by atomic mass is 16.6. The Bertz CT molecular complexity index is 205. The Labute approximate surface area is 99.7 Å². The van der Waals surface area contributed by atoms with Crippen LogP contribution in [0.2, 0.25) is 0 Å². The van der Waals surface area contributed by atoms with Crippen molar-refractivity contribution in [3.63, 3.8) is 0 Å². The molecule has 0 amide bonds. The minimum absolute atomic E-state index is 0.339. The first-order valence-corrected chi connectivity index (χ1v) is 7.08. The van der Waals surface area contributed by atoms with Crippen LogP contribution in [0.1, 0.15) is 58.8 Å². The van der Waals surface area contributed by atoms with E-state index in [0.717, 1.165) is 6.61 Å². The maximum absolute atomic E-state index is 6.25. The van der Waals surface area contributed by atoms with E-state index in [1.807, 2.05) is 0 Å². The highest BCUT2D eigenvalue weighted by Crippen LogP contribution is 2.29. The minimum atomic E-state index is 0.339. The van der Waals surface area contributed by atoms with E-state index >= 15 is 0 Å². The monoisotopic (exact) mass is 226 g/mol. The summed E-state index contributed by atoms with van der Waals surface area (Å²) in [6, 6.07) is 0. The van der Waals surface area contributed by atoms with Crippen molar-refractivity contribution < 1.29 is 9.47 Å². The van der Waals surface area contributed by atoms with Crippen LogP contribution in [0.5, 0.6) is 0 Å². The summed E-state index contributed by atoms with van der Waals surface area (Å²) >= 11 is 0. The molecule has 0 bridgehead atoms. The molecule has 16 heavy (non-hydrogen) atoms. The summed E-state index contributed by atoms with van der Waals surface area (Å²) in [4.78, 5) is 0. The standard InChI is InChI=1S/C14H26O2/c1-3-11(2)14-10-15-12-8-6-4-5-7-9-13(12)16-14/h11-14H,3-10H2,1-2H3. The van der Waals surface area contributed by atoms with Crippen molar-refractivity contribution in [2.24, 2.45) is 5.92 Å². The third-order valence-electron chi connectivity index (χ3n) is 4.24. The van der Waals surface area contributed by atoms with Crippen LogP contribution < -0.4 is 0 Å². The molecule has 1 aliphatic carbocycles. The lowest BCUT2D eigenvalue weighted by molar-refractivity contribution is -0.199. The fourth-order valence-electron chi connectivity index (χ4n) is 2.81. The van der Waals surface area contributed by atoms with Gasteiger partial charge in [-0.3, -0.25) is 0 Å². The number of rotatable bonds is 2. The highest BCUT2D eigenvalue weighted by molar-refractivity contribution is 4.81. The van der Waals surface area contributed by atoms with Gasteiger partial charge in [-0.2, -0.15) is 0 Å². The van der Waals surface area contributed by atoms with Crippen LogP contribution in [0.3, 0.4) is 0 Å². The summed E-state index contributed by atoms with van der Waals surface area (Å²) in [5, 5.41) is 0. The molecule has 0 N–H and O–H groups in total. The summed E-state index contributed by atoms with van der Waals surface area (Å²) < 4.78 is 12.3. The van der Waals surface area contributed by atoms with Crippen molar-refractivity contribution in [2.75, 3.05) is 6.61 Å². The molecule has 2 aliphatic rings. The molecule has 94 valence electrons. The molecule has 1 heterocycles. The first-order valence-electron chi connectivity index (χ1n) is 7.08. The van der Waals surface area contributed by atoms with Gasteiger partial charge in [0.1, 0.15) is 0 Å². The zero-order valence-electron chi connectivity index (χ0n) is 10.8. The first-order chi connectivity index (χ1) is 7.81. The second-order valence-corrected chi connectivity index (χ2v) is 5.46. The van der Waals surface area contributed by atoms with Crippen molar-refractivity contribution in [3.05, 3.63) is 0 Å². The van der Waals surface area contributed by atoms with Crippen LogP contribution >= 0.6 is 0 Å². The SMILES string of the molecule is CCC(C)C1COC2CCCCCCC2O1. The molecule has 2 nitrogen and oxygen atoms in total. The summed E-state index contributed by atoms with van der Waals surface area (Å²) in [5.41, 5.74) is 0. The fraction of sp³-hybridized carbons (Fsp3) is 1.00. The number of hydrogen-bond donors (Lipinski definition) is 0. The maximum Gasteiger partial charge on any atom is 0.0841 e. The third kappa shape index (κ3) is 2.98. The molecule has 0 spiro atoms. The van der Waals surface area contributed by atoms with Crippen LogP contribution in [-0.4, -0.2) is 24.9 Å². The van der Waals surface area contributed by atoms with Gasteiger partial charge in [0.25, 0.3) is 0 Å². The topological polar surface area (TPSA) is 18.5 Å². The average molecular weight is 226 g/mol. The van der Waals surface area contributed by atoms with Crippen molar-refractivity contribution >= 4 is 0 Å². The van der Waals surface area contributed by atoms with Crippen LogP contribution in [0, 0.1) is 5.92 Å². The van der Waals surface area contributed by atoms with E-state index in [2.05, 4.69) is 13.8 Å². The Morgan fingerprint density at radius 2 is 1.75 bits per heavy atom. The lowest BCUT2D eigenvalue weighted by Crippen LogP contribution is -2.46. The van der Waals surface area contributed by atoms with Crippen molar-refractivity contribution in [2.45, 2.75) is 77.1 Å². The van der Waals surface area contributed by atoms with Gasteiger partial charge in [0.15, 0.2) is 0 Å². The first kappa shape index (κ1) is 12.4. The van der Waals surface area contributed by atoms with E-state index in [-0.39, 0.29) is 0 Å². The molecular weight excluding hydrogens is 200 g/mol. The van der Waals surface area contributed by atoms with Gasteiger partial charge in [0.05, 0.1) is 24.9 Å². The molecule has 0 aromatic rings. The van der Waals surface area contributed by atoms with Gasteiger partial charge < -0.3 is 9.47 Å². The van der Waals surface area contributed by atoms with Crippen LogP contribution in [0.15, 0.2) is 0 Å². The van der Waals surface area contributed by atoms with Crippen LogP contribution in [0.4, 0.5) is 0 Å². The van der Waals surface area contributed by atoms with Gasteiger partial charge in [-0.25, -0.2) is 0 Å². The van der Waals surface area contributed by atoms with Gasteiger partial charge in [0.2, 0.25) is 0 Å². The molecule has 0 aromatic carbocycles. The molecule has 0 aromatic heterocycles. The van der Waals surface area contributed by atoms with Gasteiger partial charge in [-0.1, -0.05) is 46.0 Å². The number of fused-ring (bicyclic) bond motifs is 1. The molecule has 1 saturated heterocycles. The van der Waals surface area contributed by atoms with Crippen molar-refractivity contribution in [1.82, 2.24) is 0 Å². The molecule has 4 unspecified atom stereocenters. The lowest BCUT2D eigenvalue weighted by Gasteiger charge is -2.40. The third-order valence-corrected chi connectivity index (χ3v) is 4.24. The summed E-state index contributed by atoms with van der Waals surface area (Å²) in [6.45, 7) is 5.33. The largest absolute Gasteiger partial charge is 0.373 e. The predicted octanol–water partition coefficient (Wildman–Crippen LogP) is 3.54. The highest BCUT2D eigenvalue weighted by Gasteiger charge is 2.33. The second kappa shape index (κ2) is 6.02. The fourth-order valence-corrected chi connectivity index (χ4v) is 2.81. The molecule has 0 radical (unpaired) electrons. The normalized spacial score (nSPS) is 38.2. The average Bonchev–Trinajstić information content (AvgIpc) is 2.28. The molecule has 4 atom stereocenters. The summed E-state index contributed by atoms with van der Waals surface area (Å²) in [7, 11) is 0. The molecule has 2 heteroatoms. The van der Waals surface area contributed by atoms with Gasteiger partial charge in [0, 0.05) is 0 Å². The Balaban J connectivity index is 1.90. The molecule has 1 aliphatic heterocycles. The lowest BCUT2D eigenvalue weighted by atomic mass is 9.93. The number of ether oxygens (including phenoxy) is 2. The number of hydrogen-bond acceptors (Lipinski definition) is 2. The molecule has 1 saturated carbocycles. The quantitative estimate of drug-likeness (QED) is 0.717. The zero-order valence-corrected chi connectivity index (χ0v) is 10.8. The summed E-state index contributed by atoms with van der Waals surface area (Å²) in [6.07, 6.45) is 10.1. The van der Waals surface area contributed by atoms with E-state index in [9.17, 15) is 0 Å². The maximum atomic E-state index is 6.25. The molecular formula is C14H26O2. The Morgan fingerprint density at radius 3 is 2.44 bits per heavy atom. The zero-order chi connectivity index (χ0) is 11.4. The van der Waals surface area contributed by atoms with Gasteiger partial charge in [-0.15, -0.1) is 0 Å². The van der Waals surface area contributed by atoms with Gasteiger partial charge in [-0.05, 0) is 18.8 Å². The van der Waals surface area contributed by atoms with E-state index < -0.39 is 0 Å². The predicted molar refractivity (Wildman–Crippen MR) is 65.6 cm³/mol. The van der Waals surface area contributed by atoms with E-state index in [0.29, 0.717) is 24.2 Å². The minimum Gasteiger partial charge on any atom is -0.373 e.